The van der Waals surface area contributed by atoms with Gasteiger partial charge >= 0.3 is 5.97 Å². The molecule has 0 radical (unpaired) electrons. The number of esters is 1. The van der Waals surface area contributed by atoms with E-state index in [4.69, 9.17) is 9.47 Å². The van der Waals surface area contributed by atoms with Gasteiger partial charge in [0.05, 0.1) is 7.11 Å². The molecule has 0 saturated heterocycles. The van der Waals surface area contributed by atoms with E-state index < -0.39 is 18.0 Å². The molecule has 0 aliphatic rings. The standard InChI is InChI=1S/C22H22N4O4/c1-26(22-23-12-7-13-24-22)15-19(27)30-20(16-8-4-3-5-9-16)21(28)25-17-10-6-11-18(14-17)29-2/h3-14,20H,15H2,1-2H3,(H,25,28). The third-order valence-electron chi connectivity index (χ3n) is 4.19. The summed E-state index contributed by atoms with van der Waals surface area (Å²) in [6.45, 7) is -0.111. The second-order valence-corrected chi connectivity index (χ2v) is 6.41. The van der Waals surface area contributed by atoms with Crippen LogP contribution in [0.15, 0.2) is 73.1 Å². The highest BCUT2D eigenvalue weighted by atomic mass is 16.5. The van der Waals surface area contributed by atoms with Crippen molar-refractivity contribution < 1.29 is 19.1 Å². The van der Waals surface area contributed by atoms with Crippen LogP contribution in [0.3, 0.4) is 0 Å². The fourth-order valence-corrected chi connectivity index (χ4v) is 2.73. The van der Waals surface area contributed by atoms with E-state index in [2.05, 4.69) is 15.3 Å². The maximum Gasteiger partial charge on any atom is 0.326 e. The van der Waals surface area contributed by atoms with Gasteiger partial charge in [0.25, 0.3) is 5.91 Å². The topological polar surface area (TPSA) is 93.6 Å². The molecule has 154 valence electrons. The Morgan fingerprint density at radius 3 is 2.47 bits per heavy atom. The Bertz CT molecular complexity index is 983. The number of benzene rings is 2. The number of nitrogens with zero attached hydrogens (tertiary/aromatic N) is 3. The van der Waals surface area contributed by atoms with E-state index in [1.165, 1.54) is 0 Å². The Balaban J connectivity index is 1.74. The number of anilines is 2. The van der Waals surface area contributed by atoms with E-state index in [0.717, 1.165) is 0 Å². The molecule has 1 aromatic heterocycles. The van der Waals surface area contributed by atoms with Crippen molar-refractivity contribution in [3.8, 4) is 5.75 Å². The fourth-order valence-electron chi connectivity index (χ4n) is 2.73. The van der Waals surface area contributed by atoms with Crippen LogP contribution in [-0.2, 0) is 14.3 Å². The number of methoxy groups -OCH3 is 1. The van der Waals surface area contributed by atoms with Gasteiger partial charge in [0.15, 0.2) is 0 Å². The van der Waals surface area contributed by atoms with Crippen LogP contribution in [0.4, 0.5) is 11.6 Å². The lowest BCUT2D eigenvalue weighted by Crippen LogP contribution is -2.32. The molecule has 8 nitrogen and oxygen atoms in total. The molecule has 0 bridgehead atoms. The molecule has 0 aliphatic carbocycles. The van der Waals surface area contributed by atoms with Crippen molar-refractivity contribution in [2.24, 2.45) is 0 Å². The van der Waals surface area contributed by atoms with Gasteiger partial charge in [-0.1, -0.05) is 36.4 Å². The van der Waals surface area contributed by atoms with Crippen LogP contribution in [0.2, 0.25) is 0 Å². The minimum atomic E-state index is -1.12. The van der Waals surface area contributed by atoms with Crippen LogP contribution in [0, 0.1) is 0 Å². The summed E-state index contributed by atoms with van der Waals surface area (Å²) < 4.78 is 10.7. The highest BCUT2D eigenvalue weighted by molar-refractivity contribution is 5.96. The molecular weight excluding hydrogens is 384 g/mol. The summed E-state index contributed by atoms with van der Waals surface area (Å²) in [7, 11) is 3.22. The number of likely N-dealkylation sites (N-methyl/N-ethyl adjacent to an activating group) is 1. The summed E-state index contributed by atoms with van der Waals surface area (Å²) in [4.78, 5) is 35.2. The van der Waals surface area contributed by atoms with Crippen molar-refractivity contribution in [3.05, 3.63) is 78.6 Å². The molecular formula is C22H22N4O4. The summed E-state index contributed by atoms with van der Waals surface area (Å²) in [6.07, 6.45) is 2.05. The lowest BCUT2D eigenvalue weighted by atomic mass is 10.1. The third-order valence-corrected chi connectivity index (χ3v) is 4.19. The fraction of sp³-hybridized carbons (Fsp3) is 0.182. The monoisotopic (exact) mass is 406 g/mol. The maximum absolute atomic E-state index is 12.9. The normalized spacial score (nSPS) is 11.3. The predicted molar refractivity (Wildman–Crippen MR) is 112 cm³/mol. The molecule has 0 aliphatic heterocycles. The SMILES string of the molecule is COc1cccc(NC(=O)C(OC(=O)CN(C)c2ncccn2)c2ccccc2)c1. The van der Waals surface area contributed by atoms with Crippen LogP contribution in [-0.4, -0.2) is 42.5 Å². The Morgan fingerprint density at radius 2 is 1.77 bits per heavy atom. The van der Waals surface area contributed by atoms with Crippen molar-refractivity contribution in [2.45, 2.75) is 6.10 Å². The maximum atomic E-state index is 12.9. The van der Waals surface area contributed by atoms with E-state index in [1.807, 2.05) is 6.07 Å². The molecule has 1 atom stereocenters. The molecule has 1 unspecified atom stereocenters. The Morgan fingerprint density at radius 1 is 1.03 bits per heavy atom. The minimum Gasteiger partial charge on any atom is -0.497 e. The Hall–Kier alpha value is -3.94. The first-order valence-electron chi connectivity index (χ1n) is 9.24. The second kappa shape index (κ2) is 10.0. The van der Waals surface area contributed by atoms with Crippen molar-refractivity contribution >= 4 is 23.5 Å². The zero-order chi connectivity index (χ0) is 21.3. The van der Waals surface area contributed by atoms with Gasteiger partial charge < -0.3 is 19.7 Å². The lowest BCUT2D eigenvalue weighted by Gasteiger charge is -2.21. The molecule has 8 heteroatoms. The van der Waals surface area contributed by atoms with Crippen LogP contribution in [0.25, 0.3) is 0 Å². The number of carbonyl (C=O) groups excluding carboxylic acids is 2. The summed E-state index contributed by atoms with van der Waals surface area (Å²) in [5.41, 5.74) is 1.09. The predicted octanol–water partition coefficient (Wildman–Crippen LogP) is 2.84. The second-order valence-electron chi connectivity index (χ2n) is 6.41. The zero-order valence-electron chi connectivity index (χ0n) is 16.7. The Kier molecular flexibility index (Phi) is 6.94. The highest BCUT2D eigenvalue weighted by Crippen LogP contribution is 2.22. The first-order valence-corrected chi connectivity index (χ1v) is 9.24. The van der Waals surface area contributed by atoms with Crippen LogP contribution < -0.4 is 15.0 Å². The first-order chi connectivity index (χ1) is 14.6. The van der Waals surface area contributed by atoms with Gasteiger partial charge in [0, 0.05) is 36.8 Å². The number of amides is 1. The van der Waals surface area contributed by atoms with Crippen LogP contribution >= 0.6 is 0 Å². The quantitative estimate of drug-likeness (QED) is 0.575. The number of hydrogen-bond acceptors (Lipinski definition) is 7. The van der Waals surface area contributed by atoms with Crippen molar-refractivity contribution in [3.63, 3.8) is 0 Å². The molecule has 30 heavy (non-hydrogen) atoms. The van der Waals surface area contributed by atoms with Crippen molar-refractivity contribution in [2.75, 3.05) is 30.9 Å². The van der Waals surface area contributed by atoms with E-state index in [1.54, 1.807) is 86.0 Å². The lowest BCUT2D eigenvalue weighted by molar-refractivity contribution is -0.153. The number of ether oxygens (including phenoxy) is 2. The molecule has 0 spiro atoms. The molecule has 0 saturated carbocycles. The van der Waals surface area contributed by atoms with Gasteiger partial charge in [0.1, 0.15) is 12.3 Å². The molecule has 1 amide bonds. The average molecular weight is 406 g/mol. The molecule has 2 aromatic carbocycles. The van der Waals surface area contributed by atoms with Gasteiger partial charge in [-0.15, -0.1) is 0 Å². The number of hydrogen-bond donors (Lipinski definition) is 1. The third kappa shape index (κ3) is 5.54. The van der Waals surface area contributed by atoms with E-state index >= 15 is 0 Å². The zero-order valence-corrected chi connectivity index (χ0v) is 16.7. The number of carbonyl (C=O) groups is 2. The van der Waals surface area contributed by atoms with Gasteiger partial charge in [-0.3, -0.25) is 9.59 Å². The molecule has 3 aromatic rings. The van der Waals surface area contributed by atoms with Gasteiger partial charge in [-0.05, 0) is 18.2 Å². The molecule has 0 fully saturated rings. The summed E-state index contributed by atoms with van der Waals surface area (Å²) in [5, 5.41) is 2.77. The average Bonchev–Trinajstić information content (AvgIpc) is 2.78. The number of aromatic nitrogens is 2. The van der Waals surface area contributed by atoms with E-state index in [-0.39, 0.29) is 6.54 Å². The smallest absolute Gasteiger partial charge is 0.326 e. The number of nitrogens with one attached hydrogen (secondary N) is 1. The largest absolute Gasteiger partial charge is 0.497 e. The molecule has 1 heterocycles. The summed E-state index contributed by atoms with van der Waals surface area (Å²) in [6, 6.07) is 17.5. The minimum absolute atomic E-state index is 0.111. The van der Waals surface area contributed by atoms with Gasteiger partial charge in [-0.2, -0.15) is 0 Å². The Labute approximate surface area is 174 Å². The van der Waals surface area contributed by atoms with Crippen molar-refractivity contribution in [1.82, 2.24) is 9.97 Å². The van der Waals surface area contributed by atoms with E-state index in [0.29, 0.717) is 22.9 Å². The van der Waals surface area contributed by atoms with E-state index in [9.17, 15) is 9.59 Å². The van der Waals surface area contributed by atoms with Crippen LogP contribution in [0.1, 0.15) is 11.7 Å². The van der Waals surface area contributed by atoms with Gasteiger partial charge in [0.2, 0.25) is 12.1 Å². The summed E-state index contributed by atoms with van der Waals surface area (Å²) >= 11 is 0. The number of rotatable bonds is 8. The molecule has 3 rings (SSSR count). The van der Waals surface area contributed by atoms with Crippen molar-refractivity contribution in [1.29, 1.82) is 0 Å². The highest BCUT2D eigenvalue weighted by Gasteiger charge is 2.26. The molecule has 1 N–H and O–H groups in total. The van der Waals surface area contributed by atoms with Gasteiger partial charge in [-0.25, -0.2) is 9.97 Å². The van der Waals surface area contributed by atoms with Crippen LogP contribution in [0.5, 0.6) is 5.75 Å². The summed E-state index contributed by atoms with van der Waals surface area (Å²) in [5.74, 6) is -0.0712. The first kappa shape index (κ1) is 20.8.